The highest BCUT2D eigenvalue weighted by atomic mass is 28.3. The van der Waals surface area contributed by atoms with Gasteiger partial charge in [-0.1, -0.05) is 33.1 Å². The van der Waals surface area contributed by atoms with Crippen molar-refractivity contribution in [3.05, 3.63) is 17.9 Å². The molecule has 0 spiro atoms. The highest BCUT2D eigenvalue weighted by Gasteiger charge is 2.32. The van der Waals surface area contributed by atoms with Gasteiger partial charge in [-0.25, -0.2) is 0 Å². The molecule has 1 saturated heterocycles. The highest BCUT2D eigenvalue weighted by molar-refractivity contribution is 6.76. The summed E-state index contributed by atoms with van der Waals surface area (Å²) < 4.78 is 0. The maximum atomic E-state index is 12.1. The summed E-state index contributed by atoms with van der Waals surface area (Å²) in [6.45, 7) is 12.9. The third-order valence-corrected chi connectivity index (χ3v) is 5.29. The molecule has 2 unspecified atom stereocenters. The van der Waals surface area contributed by atoms with E-state index in [9.17, 15) is 9.90 Å². The number of aliphatic hydroxyl groups is 1. The summed E-state index contributed by atoms with van der Waals surface area (Å²) in [5, 5.41) is 10.1. The molecule has 1 heterocycles. The van der Waals surface area contributed by atoms with Crippen molar-refractivity contribution in [2.75, 3.05) is 0 Å². The quantitative estimate of drug-likeness (QED) is 0.601. The summed E-state index contributed by atoms with van der Waals surface area (Å²) in [5.41, 5.74) is 4.28. The minimum absolute atomic E-state index is 0.0819. The molecule has 0 aromatic carbocycles. The lowest BCUT2D eigenvalue weighted by atomic mass is 9.99. The molecule has 1 amide bonds. The second-order valence-corrected chi connectivity index (χ2v) is 12.4. The first-order valence-corrected chi connectivity index (χ1v) is 11.4. The number of likely N-dealkylation sites (tertiary alicyclic amines) is 1. The van der Waals surface area contributed by atoms with Gasteiger partial charge in [0.2, 0.25) is 5.91 Å². The molecule has 4 heteroatoms. The molecule has 1 fully saturated rings. The fraction of sp³-hybridized carbons (Fsp3) is 0.750. The summed E-state index contributed by atoms with van der Waals surface area (Å²) in [5.74, 6) is 0.0898. The Hall–Kier alpha value is -0.833. The lowest BCUT2D eigenvalue weighted by Gasteiger charge is -2.38. The van der Waals surface area contributed by atoms with Gasteiger partial charge < -0.3 is 10.0 Å². The molecule has 3 nitrogen and oxygen atoms in total. The lowest BCUT2D eigenvalue weighted by Crippen LogP contribution is -2.49. The van der Waals surface area contributed by atoms with Crippen LogP contribution in [0.4, 0.5) is 0 Å². The number of carbonyl (C=O) groups is 1. The number of nitrogens with zero attached hydrogens (tertiary/aromatic N) is 1. The second kappa shape index (κ2) is 7.25. The molecule has 0 aromatic rings. The van der Waals surface area contributed by atoms with E-state index < -0.39 is 14.3 Å². The van der Waals surface area contributed by atoms with E-state index in [1.807, 2.05) is 0 Å². The van der Waals surface area contributed by atoms with Crippen LogP contribution in [0.3, 0.4) is 0 Å². The van der Waals surface area contributed by atoms with Crippen LogP contribution in [0.1, 0.15) is 39.0 Å². The van der Waals surface area contributed by atoms with Gasteiger partial charge in [-0.15, -0.1) is 5.73 Å². The van der Waals surface area contributed by atoms with E-state index >= 15 is 0 Å². The first kappa shape index (κ1) is 17.2. The molecule has 0 saturated carbocycles. The molecular formula is C16H29NO2Si. The van der Waals surface area contributed by atoms with E-state index in [2.05, 4.69) is 38.9 Å². The van der Waals surface area contributed by atoms with Crippen LogP contribution in [0.2, 0.25) is 25.7 Å². The molecule has 0 aliphatic carbocycles. The first-order chi connectivity index (χ1) is 9.28. The standard InChI is InChI=1S/C16H29NO2Si/c1-6-13(12-20(3,4)5)11-14(7-2)17-15(18)9-8-10-16(17)19/h14-15,18H,1,7-12H2,2-5H3. The molecular weight excluding hydrogens is 266 g/mol. The molecule has 1 rings (SSSR count). The first-order valence-electron chi connectivity index (χ1n) is 7.65. The second-order valence-electron chi connectivity index (χ2n) is 6.96. The summed E-state index contributed by atoms with van der Waals surface area (Å²) in [4.78, 5) is 13.8. The maximum Gasteiger partial charge on any atom is 0.224 e. The zero-order valence-electron chi connectivity index (χ0n) is 13.4. The van der Waals surface area contributed by atoms with Crippen molar-refractivity contribution in [2.45, 2.75) is 77.0 Å². The molecule has 114 valence electrons. The summed E-state index contributed by atoms with van der Waals surface area (Å²) >= 11 is 0. The van der Waals surface area contributed by atoms with Gasteiger partial charge in [0, 0.05) is 20.5 Å². The minimum Gasteiger partial charge on any atom is -0.374 e. The zero-order chi connectivity index (χ0) is 15.3. The Morgan fingerprint density at radius 2 is 2.20 bits per heavy atom. The molecule has 0 radical (unpaired) electrons. The average molecular weight is 295 g/mol. The molecule has 0 bridgehead atoms. The SMILES string of the molecule is C=C=C(CC(CC)N1C(=O)CCCC1O)C[Si](C)(C)C. The fourth-order valence-electron chi connectivity index (χ4n) is 2.89. The van der Waals surface area contributed by atoms with Crippen molar-refractivity contribution in [3.63, 3.8) is 0 Å². The Bertz CT molecular complexity index is 394. The fourth-order valence-corrected chi connectivity index (χ4v) is 4.44. The predicted octanol–water partition coefficient (Wildman–Crippen LogP) is 3.54. The molecule has 0 aromatic heterocycles. The monoisotopic (exact) mass is 295 g/mol. The van der Waals surface area contributed by atoms with Gasteiger partial charge in [0.15, 0.2) is 0 Å². The van der Waals surface area contributed by atoms with Crippen LogP contribution in [-0.2, 0) is 4.79 Å². The Morgan fingerprint density at radius 1 is 1.55 bits per heavy atom. The third kappa shape index (κ3) is 4.93. The van der Waals surface area contributed by atoms with E-state index in [0.29, 0.717) is 12.8 Å². The van der Waals surface area contributed by atoms with Gasteiger partial charge >= 0.3 is 0 Å². The van der Waals surface area contributed by atoms with Crippen molar-refractivity contribution < 1.29 is 9.90 Å². The third-order valence-electron chi connectivity index (χ3n) is 3.80. The van der Waals surface area contributed by atoms with Gasteiger partial charge in [-0.3, -0.25) is 4.79 Å². The largest absolute Gasteiger partial charge is 0.374 e. The van der Waals surface area contributed by atoms with Crippen molar-refractivity contribution in [3.8, 4) is 0 Å². The van der Waals surface area contributed by atoms with Crippen LogP contribution >= 0.6 is 0 Å². The summed E-state index contributed by atoms with van der Waals surface area (Å²) in [6.07, 6.45) is 3.11. The Labute approximate surface area is 124 Å². The van der Waals surface area contributed by atoms with Gasteiger partial charge in [-0.2, -0.15) is 0 Å². The lowest BCUT2D eigenvalue weighted by molar-refractivity contribution is -0.151. The Kier molecular flexibility index (Phi) is 6.25. The van der Waals surface area contributed by atoms with E-state index in [1.54, 1.807) is 4.90 Å². The zero-order valence-corrected chi connectivity index (χ0v) is 14.4. The summed E-state index contributed by atoms with van der Waals surface area (Å²) in [6, 6.07) is 1.14. The number of rotatable bonds is 6. The van der Waals surface area contributed by atoms with Crippen LogP contribution in [-0.4, -0.2) is 36.3 Å². The van der Waals surface area contributed by atoms with Gasteiger partial charge in [0.1, 0.15) is 6.23 Å². The topological polar surface area (TPSA) is 40.5 Å². The van der Waals surface area contributed by atoms with Crippen LogP contribution in [0.25, 0.3) is 0 Å². The predicted molar refractivity (Wildman–Crippen MR) is 86.2 cm³/mol. The van der Waals surface area contributed by atoms with Gasteiger partial charge in [0.05, 0.1) is 0 Å². The molecule has 1 aliphatic rings. The minimum atomic E-state index is -1.21. The normalized spacial score (nSPS) is 21.6. The van der Waals surface area contributed by atoms with Crippen LogP contribution in [0.15, 0.2) is 17.9 Å². The summed E-state index contributed by atoms with van der Waals surface area (Å²) in [7, 11) is -1.21. The Morgan fingerprint density at radius 3 is 2.65 bits per heavy atom. The van der Waals surface area contributed by atoms with Crippen molar-refractivity contribution in [2.24, 2.45) is 0 Å². The number of amides is 1. The smallest absolute Gasteiger partial charge is 0.224 e. The molecule has 1 N–H and O–H groups in total. The van der Waals surface area contributed by atoms with E-state index in [0.717, 1.165) is 25.3 Å². The molecule has 2 atom stereocenters. The molecule has 20 heavy (non-hydrogen) atoms. The van der Waals surface area contributed by atoms with E-state index in [-0.39, 0.29) is 11.9 Å². The van der Waals surface area contributed by atoms with E-state index in [1.165, 1.54) is 5.57 Å². The van der Waals surface area contributed by atoms with Gasteiger partial charge in [0.25, 0.3) is 0 Å². The molecule has 1 aliphatic heterocycles. The van der Waals surface area contributed by atoms with Crippen molar-refractivity contribution in [1.29, 1.82) is 0 Å². The average Bonchev–Trinajstić information content (AvgIpc) is 2.34. The van der Waals surface area contributed by atoms with Crippen molar-refractivity contribution >= 4 is 14.0 Å². The number of carbonyl (C=O) groups excluding carboxylic acids is 1. The maximum absolute atomic E-state index is 12.1. The number of hydrogen-bond donors (Lipinski definition) is 1. The van der Waals surface area contributed by atoms with E-state index in [4.69, 9.17) is 0 Å². The Balaban J connectivity index is 2.79. The van der Waals surface area contributed by atoms with Crippen LogP contribution in [0.5, 0.6) is 0 Å². The number of piperidine rings is 1. The highest BCUT2D eigenvalue weighted by Crippen LogP contribution is 2.27. The number of aliphatic hydroxyl groups excluding tert-OH is 1. The number of hydrogen-bond acceptors (Lipinski definition) is 2. The van der Waals surface area contributed by atoms with Gasteiger partial charge in [-0.05, 0) is 37.3 Å². The van der Waals surface area contributed by atoms with Crippen LogP contribution in [0, 0.1) is 0 Å². The van der Waals surface area contributed by atoms with Crippen LogP contribution < -0.4 is 0 Å². The van der Waals surface area contributed by atoms with Crippen molar-refractivity contribution in [1.82, 2.24) is 4.90 Å².